The van der Waals surface area contributed by atoms with Gasteiger partial charge in [0.15, 0.2) is 17.1 Å². The van der Waals surface area contributed by atoms with Crippen LogP contribution in [0.2, 0.25) is 0 Å². The van der Waals surface area contributed by atoms with Crippen LogP contribution in [0.3, 0.4) is 0 Å². The summed E-state index contributed by atoms with van der Waals surface area (Å²) in [5, 5.41) is 12.5. The summed E-state index contributed by atoms with van der Waals surface area (Å²) in [6, 6.07) is 25.1. The topological polar surface area (TPSA) is 88.8 Å². The van der Waals surface area contributed by atoms with Crippen molar-refractivity contribution < 1.29 is 14.6 Å². The van der Waals surface area contributed by atoms with Gasteiger partial charge < -0.3 is 14.6 Å². The SMILES string of the molecule is COc1ccc(-c2c(C)nc3c(-c4ccccc4)c(-c4ccccc4)[nH]n3c2=O)cc1OCCO. The Morgan fingerprint density at radius 3 is 2.23 bits per heavy atom. The lowest BCUT2D eigenvalue weighted by Gasteiger charge is -2.12. The highest BCUT2D eigenvalue weighted by Gasteiger charge is 2.21. The Kier molecular flexibility index (Phi) is 6.08. The van der Waals surface area contributed by atoms with Crippen LogP contribution < -0.4 is 15.0 Å². The van der Waals surface area contributed by atoms with Crippen LogP contribution in [-0.2, 0) is 0 Å². The average Bonchev–Trinajstić information content (AvgIpc) is 3.28. The molecule has 2 N–H and O–H groups in total. The summed E-state index contributed by atoms with van der Waals surface area (Å²) in [6.07, 6.45) is 0. The van der Waals surface area contributed by atoms with Gasteiger partial charge in [0, 0.05) is 5.56 Å². The Hall–Kier alpha value is -4.36. The number of aliphatic hydroxyl groups excluding tert-OH is 1. The molecule has 2 heterocycles. The minimum absolute atomic E-state index is 0.118. The van der Waals surface area contributed by atoms with Gasteiger partial charge in [-0.3, -0.25) is 9.89 Å². The molecular weight excluding hydrogens is 442 g/mol. The smallest absolute Gasteiger partial charge is 0.280 e. The number of fused-ring (bicyclic) bond motifs is 1. The van der Waals surface area contributed by atoms with Crippen molar-refractivity contribution in [1.29, 1.82) is 0 Å². The highest BCUT2D eigenvalue weighted by molar-refractivity contribution is 5.91. The molecule has 0 unspecified atom stereocenters. The summed E-state index contributed by atoms with van der Waals surface area (Å²) in [7, 11) is 1.55. The Balaban J connectivity index is 1.76. The zero-order valence-electron chi connectivity index (χ0n) is 19.5. The molecule has 0 aliphatic carbocycles. The second-order valence-electron chi connectivity index (χ2n) is 8.07. The van der Waals surface area contributed by atoms with Gasteiger partial charge in [-0.15, -0.1) is 0 Å². The van der Waals surface area contributed by atoms with Crippen molar-refractivity contribution in [2.45, 2.75) is 6.92 Å². The maximum atomic E-state index is 13.8. The number of H-pyrrole nitrogens is 1. The zero-order chi connectivity index (χ0) is 24.4. The van der Waals surface area contributed by atoms with Crippen molar-refractivity contribution in [3.8, 4) is 45.0 Å². The van der Waals surface area contributed by atoms with Crippen LogP contribution in [0.5, 0.6) is 11.5 Å². The van der Waals surface area contributed by atoms with Gasteiger partial charge in [0.05, 0.1) is 36.2 Å². The van der Waals surface area contributed by atoms with Crippen LogP contribution in [0.15, 0.2) is 83.7 Å². The summed E-state index contributed by atoms with van der Waals surface area (Å²) in [6.45, 7) is 1.82. The summed E-state index contributed by atoms with van der Waals surface area (Å²) in [5.74, 6) is 0.968. The fraction of sp³-hybridized carbons (Fsp3) is 0.143. The normalized spacial score (nSPS) is 11.1. The van der Waals surface area contributed by atoms with E-state index in [0.29, 0.717) is 34.0 Å². The molecule has 0 fully saturated rings. The second kappa shape index (κ2) is 9.48. The van der Waals surface area contributed by atoms with Crippen LogP contribution in [0, 0.1) is 6.92 Å². The van der Waals surface area contributed by atoms with Gasteiger partial charge >= 0.3 is 0 Å². The molecule has 0 aliphatic heterocycles. The first-order valence-electron chi connectivity index (χ1n) is 11.3. The molecule has 0 saturated heterocycles. The van der Waals surface area contributed by atoms with Crippen molar-refractivity contribution >= 4 is 5.65 Å². The number of nitrogens with zero attached hydrogens (tertiary/aromatic N) is 2. The lowest BCUT2D eigenvalue weighted by atomic mass is 10.0. The van der Waals surface area contributed by atoms with E-state index in [-0.39, 0.29) is 18.8 Å². The molecule has 0 spiro atoms. The number of methoxy groups -OCH3 is 1. The van der Waals surface area contributed by atoms with Crippen molar-refractivity contribution in [3.63, 3.8) is 0 Å². The summed E-state index contributed by atoms with van der Waals surface area (Å²) < 4.78 is 12.5. The van der Waals surface area contributed by atoms with E-state index in [1.807, 2.05) is 73.7 Å². The molecule has 5 rings (SSSR count). The molecule has 5 aromatic rings. The number of benzene rings is 3. The molecule has 3 aromatic carbocycles. The lowest BCUT2D eigenvalue weighted by molar-refractivity contribution is 0.196. The van der Waals surface area contributed by atoms with Gasteiger partial charge in [-0.2, -0.15) is 4.52 Å². The van der Waals surface area contributed by atoms with Crippen LogP contribution in [-0.4, -0.2) is 40.0 Å². The average molecular weight is 468 g/mol. The number of rotatable bonds is 7. The van der Waals surface area contributed by atoms with Gasteiger partial charge in [0.2, 0.25) is 0 Å². The van der Waals surface area contributed by atoms with Gasteiger partial charge in [-0.25, -0.2) is 4.98 Å². The van der Waals surface area contributed by atoms with E-state index in [9.17, 15) is 4.79 Å². The number of hydrogen-bond acceptors (Lipinski definition) is 5. The van der Waals surface area contributed by atoms with Crippen molar-refractivity contribution in [1.82, 2.24) is 14.6 Å². The molecule has 0 radical (unpaired) electrons. The monoisotopic (exact) mass is 467 g/mol. The third-order valence-electron chi connectivity index (χ3n) is 5.89. The second-order valence-corrected chi connectivity index (χ2v) is 8.07. The number of aromatic amines is 1. The van der Waals surface area contributed by atoms with Crippen molar-refractivity contribution in [2.24, 2.45) is 0 Å². The number of nitrogens with one attached hydrogen (secondary N) is 1. The highest BCUT2D eigenvalue weighted by Crippen LogP contribution is 2.36. The minimum atomic E-state index is -0.217. The number of hydrogen-bond donors (Lipinski definition) is 2. The lowest BCUT2D eigenvalue weighted by Crippen LogP contribution is -2.19. The van der Waals surface area contributed by atoms with E-state index in [2.05, 4.69) is 5.10 Å². The maximum Gasteiger partial charge on any atom is 0.280 e. The van der Waals surface area contributed by atoms with Gasteiger partial charge in [-0.05, 0) is 30.2 Å². The Morgan fingerprint density at radius 1 is 0.886 bits per heavy atom. The quantitative estimate of drug-likeness (QED) is 0.362. The van der Waals surface area contributed by atoms with E-state index < -0.39 is 0 Å². The minimum Gasteiger partial charge on any atom is -0.493 e. The fourth-order valence-electron chi connectivity index (χ4n) is 4.30. The third-order valence-corrected chi connectivity index (χ3v) is 5.89. The number of aryl methyl sites for hydroxylation is 1. The Labute approximate surface area is 202 Å². The van der Waals surface area contributed by atoms with E-state index >= 15 is 0 Å². The molecule has 0 bridgehead atoms. The van der Waals surface area contributed by atoms with Crippen molar-refractivity contribution in [3.05, 3.63) is 94.9 Å². The maximum absolute atomic E-state index is 13.8. The van der Waals surface area contributed by atoms with E-state index in [4.69, 9.17) is 19.6 Å². The number of aliphatic hydroxyl groups is 1. The molecular formula is C28H25N3O4. The van der Waals surface area contributed by atoms with Crippen LogP contribution in [0.4, 0.5) is 0 Å². The summed E-state index contributed by atoms with van der Waals surface area (Å²) in [4.78, 5) is 18.7. The Morgan fingerprint density at radius 2 is 1.57 bits per heavy atom. The van der Waals surface area contributed by atoms with E-state index in [1.165, 1.54) is 4.52 Å². The first-order chi connectivity index (χ1) is 17.1. The number of aromatic nitrogens is 3. The standard InChI is InChI=1S/C28H25N3O4/c1-18-24(21-13-14-22(34-2)23(17-21)35-16-15-32)28(33)31-27(29-18)25(19-9-5-3-6-10-19)26(30-31)20-11-7-4-8-12-20/h3-14,17,30,32H,15-16H2,1-2H3. The number of ether oxygens (including phenoxy) is 2. The molecule has 0 atom stereocenters. The predicted molar refractivity (Wildman–Crippen MR) is 136 cm³/mol. The summed E-state index contributed by atoms with van der Waals surface area (Å²) >= 11 is 0. The molecule has 7 heteroatoms. The molecule has 35 heavy (non-hydrogen) atoms. The largest absolute Gasteiger partial charge is 0.493 e. The first-order valence-corrected chi connectivity index (χ1v) is 11.3. The molecule has 0 saturated carbocycles. The molecule has 7 nitrogen and oxygen atoms in total. The van der Waals surface area contributed by atoms with Crippen LogP contribution in [0.25, 0.3) is 39.2 Å². The molecule has 0 aliphatic rings. The van der Waals surface area contributed by atoms with Crippen LogP contribution >= 0.6 is 0 Å². The molecule has 0 amide bonds. The third kappa shape index (κ3) is 4.06. The zero-order valence-corrected chi connectivity index (χ0v) is 19.5. The first kappa shape index (κ1) is 22.4. The molecule has 176 valence electrons. The Bertz CT molecular complexity index is 1540. The van der Waals surface area contributed by atoms with E-state index in [0.717, 1.165) is 22.4 Å². The fourth-order valence-corrected chi connectivity index (χ4v) is 4.30. The van der Waals surface area contributed by atoms with E-state index in [1.54, 1.807) is 19.2 Å². The van der Waals surface area contributed by atoms with Gasteiger partial charge in [0.1, 0.15) is 6.61 Å². The van der Waals surface area contributed by atoms with Gasteiger partial charge in [0.25, 0.3) is 5.56 Å². The predicted octanol–water partition coefficient (Wildman–Crippen LogP) is 4.71. The van der Waals surface area contributed by atoms with Gasteiger partial charge in [-0.1, -0.05) is 66.7 Å². The highest BCUT2D eigenvalue weighted by atomic mass is 16.5. The van der Waals surface area contributed by atoms with Crippen molar-refractivity contribution in [2.75, 3.05) is 20.3 Å². The summed E-state index contributed by atoms with van der Waals surface area (Å²) in [5.41, 5.74) is 5.67. The molecule has 2 aromatic heterocycles. The van der Waals surface area contributed by atoms with Crippen LogP contribution in [0.1, 0.15) is 5.69 Å².